The molecule has 0 aliphatic carbocycles. The Labute approximate surface area is 167 Å². The first kappa shape index (κ1) is 19.4. The summed E-state index contributed by atoms with van der Waals surface area (Å²) in [5.41, 5.74) is 2.39. The predicted octanol–water partition coefficient (Wildman–Crippen LogP) is 4.48. The fraction of sp³-hybridized carbons (Fsp3) is 0.318. The minimum atomic E-state index is -2.90. The van der Waals surface area contributed by atoms with Crippen molar-refractivity contribution in [3.8, 4) is 5.75 Å². The maximum atomic E-state index is 12.8. The van der Waals surface area contributed by atoms with Gasteiger partial charge in [0.05, 0.1) is 25.3 Å². The molecule has 2 bridgehead atoms. The van der Waals surface area contributed by atoms with E-state index in [4.69, 9.17) is 9.47 Å². The van der Waals surface area contributed by atoms with Crippen LogP contribution in [-0.4, -0.2) is 42.9 Å². The topological polar surface area (TPSA) is 48.0 Å². The molecule has 4 rings (SSSR count). The van der Waals surface area contributed by atoms with Crippen LogP contribution in [0.2, 0.25) is 0 Å². The Morgan fingerprint density at radius 3 is 2.62 bits per heavy atom. The summed E-state index contributed by atoms with van der Waals surface area (Å²) in [6.07, 6.45) is 1.95. The van der Waals surface area contributed by atoms with E-state index in [-0.39, 0.29) is 24.4 Å². The highest BCUT2D eigenvalue weighted by molar-refractivity contribution is 5.76. The van der Waals surface area contributed by atoms with Crippen LogP contribution in [0.5, 0.6) is 5.75 Å². The molecule has 2 aromatic rings. The number of fused-ring (bicyclic) bond motifs is 2. The van der Waals surface area contributed by atoms with E-state index in [0.717, 1.165) is 11.1 Å². The lowest BCUT2D eigenvalue weighted by Crippen LogP contribution is -2.56. The molecule has 2 aliphatic rings. The third-order valence-electron chi connectivity index (χ3n) is 5.06. The van der Waals surface area contributed by atoms with Crippen molar-refractivity contribution < 1.29 is 27.8 Å². The van der Waals surface area contributed by atoms with Crippen LogP contribution >= 0.6 is 0 Å². The molecule has 2 aromatic carbocycles. The lowest BCUT2D eigenvalue weighted by atomic mass is 9.89. The summed E-state index contributed by atoms with van der Waals surface area (Å²) >= 11 is 0. The Hall–Kier alpha value is -2.93. The largest absolute Gasteiger partial charge is 0.445 e. The first-order valence-corrected chi connectivity index (χ1v) is 9.43. The van der Waals surface area contributed by atoms with Crippen molar-refractivity contribution in [2.45, 2.75) is 31.7 Å². The predicted molar refractivity (Wildman–Crippen MR) is 103 cm³/mol. The van der Waals surface area contributed by atoms with Crippen molar-refractivity contribution in [3.63, 3.8) is 0 Å². The summed E-state index contributed by atoms with van der Waals surface area (Å²) in [4.78, 5) is 14.4. The smallest absolute Gasteiger partial charge is 0.411 e. The third kappa shape index (κ3) is 4.40. The molecule has 2 unspecified atom stereocenters. The molecule has 0 spiro atoms. The molecule has 1 amide bonds. The maximum Gasteiger partial charge on any atom is 0.411 e. The molecule has 0 saturated carbocycles. The Morgan fingerprint density at radius 1 is 1.10 bits per heavy atom. The normalized spacial score (nSPS) is 20.9. The number of ether oxygens (including phenoxy) is 3. The van der Waals surface area contributed by atoms with Crippen molar-refractivity contribution in [2.24, 2.45) is 0 Å². The van der Waals surface area contributed by atoms with Gasteiger partial charge in [-0.05, 0) is 23.6 Å². The molecule has 0 N–H and O–H groups in total. The molecule has 152 valence electrons. The van der Waals surface area contributed by atoms with Gasteiger partial charge in [0.1, 0.15) is 12.4 Å². The zero-order valence-electron chi connectivity index (χ0n) is 15.7. The summed E-state index contributed by atoms with van der Waals surface area (Å²) in [6.45, 7) is -2.00. The third-order valence-corrected chi connectivity index (χ3v) is 5.06. The zero-order valence-corrected chi connectivity index (χ0v) is 15.7. The summed E-state index contributed by atoms with van der Waals surface area (Å²) in [6, 6.07) is 15.6. The van der Waals surface area contributed by atoms with Gasteiger partial charge < -0.3 is 14.2 Å². The number of morpholine rings is 1. The summed E-state index contributed by atoms with van der Waals surface area (Å²) in [5, 5.41) is 0. The molecule has 0 radical (unpaired) electrons. The summed E-state index contributed by atoms with van der Waals surface area (Å²) < 4.78 is 41.3. The number of carbonyl (C=O) groups is 1. The van der Waals surface area contributed by atoms with Crippen LogP contribution in [0.15, 0.2) is 60.7 Å². The quantitative estimate of drug-likeness (QED) is 0.741. The highest BCUT2D eigenvalue weighted by Gasteiger charge is 2.39. The van der Waals surface area contributed by atoms with Crippen LogP contribution < -0.4 is 4.74 Å². The summed E-state index contributed by atoms with van der Waals surface area (Å²) in [7, 11) is 0. The molecule has 29 heavy (non-hydrogen) atoms. The Kier molecular flexibility index (Phi) is 5.76. The number of alkyl halides is 2. The van der Waals surface area contributed by atoms with E-state index in [1.807, 2.05) is 36.4 Å². The van der Waals surface area contributed by atoms with Crippen molar-refractivity contribution in [1.82, 2.24) is 4.90 Å². The Bertz CT molecular complexity index is 887. The van der Waals surface area contributed by atoms with Gasteiger partial charge in [-0.3, -0.25) is 4.90 Å². The SMILES string of the molecule is O=C(OCc1ccccc1)N1C2C=C(c3ccccc3OC(F)F)CC1COC2. The van der Waals surface area contributed by atoms with E-state index >= 15 is 0 Å². The van der Waals surface area contributed by atoms with Crippen LogP contribution in [0, 0.1) is 0 Å². The molecule has 1 saturated heterocycles. The van der Waals surface area contributed by atoms with Gasteiger partial charge in [0, 0.05) is 5.56 Å². The van der Waals surface area contributed by atoms with E-state index in [2.05, 4.69) is 4.74 Å². The fourth-order valence-electron chi connectivity index (χ4n) is 3.80. The van der Waals surface area contributed by atoms with Gasteiger partial charge in [-0.25, -0.2) is 4.79 Å². The minimum Gasteiger partial charge on any atom is -0.445 e. The van der Waals surface area contributed by atoms with Crippen LogP contribution in [0.4, 0.5) is 13.6 Å². The number of nitrogens with zero attached hydrogens (tertiary/aromatic N) is 1. The molecule has 5 nitrogen and oxygen atoms in total. The first-order valence-electron chi connectivity index (χ1n) is 9.43. The van der Waals surface area contributed by atoms with Crippen molar-refractivity contribution in [1.29, 1.82) is 0 Å². The highest BCUT2D eigenvalue weighted by Crippen LogP contribution is 2.37. The summed E-state index contributed by atoms with van der Waals surface area (Å²) in [5.74, 6) is 0.132. The lowest BCUT2D eigenvalue weighted by Gasteiger charge is -2.43. The van der Waals surface area contributed by atoms with E-state index in [1.54, 1.807) is 23.1 Å². The first-order chi connectivity index (χ1) is 14.1. The number of benzene rings is 2. The Balaban J connectivity index is 1.52. The van der Waals surface area contributed by atoms with Gasteiger partial charge in [0.15, 0.2) is 0 Å². The van der Waals surface area contributed by atoms with Crippen molar-refractivity contribution in [2.75, 3.05) is 13.2 Å². The molecule has 2 aliphatic heterocycles. The number of para-hydroxylation sites is 1. The maximum absolute atomic E-state index is 12.8. The fourth-order valence-corrected chi connectivity index (χ4v) is 3.80. The van der Waals surface area contributed by atoms with Crippen molar-refractivity contribution >= 4 is 11.7 Å². The second-order valence-corrected chi connectivity index (χ2v) is 6.98. The number of halogens is 2. The molecule has 1 fully saturated rings. The van der Waals surface area contributed by atoms with Gasteiger partial charge in [0.25, 0.3) is 0 Å². The number of amides is 1. The zero-order chi connectivity index (χ0) is 20.2. The monoisotopic (exact) mass is 401 g/mol. The van der Waals surface area contributed by atoms with Gasteiger partial charge in [-0.2, -0.15) is 8.78 Å². The highest BCUT2D eigenvalue weighted by atomic mass is 19.3. The van der Waals surface area contributed by atoms with Crippen LogP contribution in [0.3, 0.4) is 0 Å². The molecule has 0 aromatic heterocycles. The Morgan fingerprint density at radius 2 is 1.86 bits per heavy atom. The second-order valence-electron chi connectivity index (χ2n) is 6.98. The number of hydrogen-bond acceptors (Lipinski definition) is 4. The molecular weight excluding hydrogens is 380 g/mol. The van der Waals surface area contributed by atoms with E-state index in [1.165, 1.54) is 6.07 Å². The molecule has 2 atom stereocenters. The number of rotatable bonds is 5. The van der Waals surface area contributed by atoms with E-state index in [9.17, 15) is 13.6 Å². The number of carbonyl (C=O) groups excluding carboxylic acids is 1. The van der Waals surface area contributed by atoms with Gasteiger partial charge in [-0.15, -0.1) is 0 Å². The standard InChI is InChI=1S/C22H21F2NO4/c23-21(24)29-20-9-5-4-8-19(20)16-10-17-13-27-14-18(11-16)25(17)22(26)28-12-15-6-2-1-3-7-15/h1-10,17-18,21H,11-14H2. The average molecular weight is 401 g/mol. The molecular formula is C22H21F2NO4. The lowest BCUT2D eigenvalue weighted by molar-refractivity contribution is -0.0502. The second kappa shape index (κ2) is 8.61. The average Bonchev–Trinajstić information content (AvgIpc) is 2.72. The van der Waals surface area contributed by atoms with Crippen LogP contribution in [0.1, 0.15) is 17.5 Å². The van der Waals surface area contributed by atoms with Gasteiger partial charge >= 0.3 is 12.7 Å². The van der Waals surface area contributed by atoms with Gasteiger partial charge in [0.2, 0.25) is 0 Å². The van der Waals surface area contributed by atoms with E-state index < -0.39 is 12.7 Å². The van der Waals surface area contributed by atoms with Crippen molar-refractivity contribution in [3.05, 3.63) is 71.8 Å². The molecule has 7 heteroatoms. The van der Waals surface area contributed by atoms with E-state index in [0.29, 0.717) is 25.2 Å². The minimum absolute atomic E-state index is 0.132. The molecule has 2 heterocycles. The van der Waals surface area contributed by atoms with Crippen LogP contribution in [0.25, 0.3) is 5.57 Å². The van der Waals surface area contributed by atoms with Crippen LogP contribution in [-0.2, 0) is 16.1 Å². The van der Waals surface area contributed by atoms with Gasteiger partial charge in [-0.1, -0.05) is 54.6 Å². The number of hydrogen-bond donors (Lipinski definition) is 0.